The molecule has 14 heterocycles. The van der Waals surface area contributed by atoms with Gasteiger partial charge in [0.1, 0.15) is 37.0 Å². The summed E-state index contributed by atoms with van der Waals surface area (Å²) in [5, 5.41) is 54.1. The summed E-state index contributed by atoms with van der Waals surface area (Å²) in [6.45, 7) is 14.8. The Morgan fingerprint density at radius 2 is 0.915 bits per heavy atom. The Hall–Kier alpha value is -9.95. The second-order valence-electron chi connectivity index (χ2n) is 35.3. The first-order valence-corrected chi connectivity index (χ1v) is 46.4. The van der Waals surface area contributed by atoms with Crippen LogP contribution in [0.4, 0.5) is 0 Å². The summed E-state index contributed by atoms with van der Waals surface area (Å²) in [6, 6.07) is 8.72. The Labute approximate surface area is 769 Å². The fraction of sp³-hybridized carbons (Fsp3) is 0.561. The molecule has 14 aliphatic heterocycles. The lowest BCUT2D eigenvalue weighted by atomic mass is 9.71. The van der Waals surface area contributed by atoms with Gasteiger partial charge in [-0.2, -0.15) is 5.26 Å². The number of aryl methyl sites for hydroxylation is 2. The van der Waals surface area contributed by atoms with Crippen molar-refractivity contribution in [2.24, 2.45) is 0 Å². The number of aliphatic hydroxyl groups excluding tert-OH is 1. The van der Waals surface area contributed by atoms with Gasteiger partial charge in [-0.25, -0.2) is 9.59 Å². The van der Waals surface area contributed by atoms with Gasteiger partial charge >= 0.3 is 35.8 Å². The molecule has 30 nitrogen and oxygen atoms in total. The number of unbranched alkanes of at least 4 members (excludes halogenated alkanes) is 8. The third kappa shape index (κ3) is 16.0. The molecule has 0 radical (unpaired) electrons. The molecule has 14 atom stereocenters. The van der Waals surface area contributed by atoms with Gasteiger partial charge in [0, 0.05) is 114 Å². The number of phenols is 2. The van der Waals surface area contributed by atoms with E-state index >= 15 is 9.59 Å². The molecule has 0 amide bonds. The summed E-state index contributed by atoms with van der Waals surface area (Å²) < 4.78 is 85.1. The number of hydrogen-bond acceptors (Lipinski definition) is 32. The lowest BCUT2D eigenvalue weighted by Gasteiger charge is -2.62. The van der Waals surface area contributed by atoms with Crippen LogP contribution in [0.15, 0.2) is 36.4 Å². The molecule has 130 heavy (non-hydrogen) atoms. The number of piperazine rings is 2. The van der Waals surface area contributed by atoms with Crippen molar-refractivity contribution in [3.8, 4) is 86.6 Å². The lowest BCUT2D eigenvalue weighted by molar-refractivity contribution is -0.186. The first-order valence-electron chi connectivity index (χ1n) is 44.3. The minimum Gasteiger partial charge on any atom is -0.504 e. The average Bonchev–Trinajstić information content (AvgIpc) is 1.09. The highest BCUT2D eigenvalue weighted by Gasteiger charge is 2.65. The molecule has 4 saturated heterocycles. The van der Waals surface area contributed by atoms with Gasteiger partial charge in [-0.3, -0.25) is 49.4 Å². The first-order chi connectivity index (χ1) is 61.2. The summed E-state index contributed by atoms with van der Waals surface area (Å²) in [5.74, 6) is 1.90. The molecule has 8 bridgehead atoms. The standard InChI is InChI=1S/C48H56N4O11S.C47H57N3O12S.3CH4/c1-8-9-10-11-12-13-35(54)63-34-18-27-14-15-50-48(29(27)19-33(34)57-6)22-64-46-38-37(45-44(60-23-61-45)25(3)43(38)62-26(4)53)32(21-59-47(48)56)52-31(20-49)30-17-28-16-24(2)42(58-7)41(55)36(28)39(40(46)52)51(30)5;1-8-9-10-11-12-13-33(52)62-32-18-26-14-15-48-47(28(26)19-31(32)56-6)21-63-44-36-35(43-42(59-22-60-43)24(3)41(36)61-25(4)51)30(20-58-46(47)55)50-38(44)37-34-27(17-29(45(50)54)49(37)5)16-23(2)40(57-7)39(34)53;;;/h16,18-19,30-32,39-40,46,50,55H,8-15,17,21-23H2,1-7H3;16,18-19,29-30,37-38,44-45,48,53-54H,8-15,17,20-22H2,1-7H3;3*1H4/t30-,31-,32-,39+,40?,46+,48+;29-,30-,37+,38?,44+,45-,47+;;;/m00.../s1. The molecule has 2 unspecified atom stereocenters. The van der Waals surface area contributed by atoms with E-state index in [9.17, 15) is 39.8 Å². The van der Waals surface area contributed by atoms with Gasteiger partial charge < -0.3 is 81.6 Å². The number of benzene rings is 6. The molecule has 32 heteroatoms. The van der Waals surface area contributed by atoms with Crippen molar-refractivity contribution in [2.45, 2.75) is 263 Å². The highest BCUT2D eigenvalue weighted by Crippen LogP contribution is 2.68. The Morgan fingerprint density at radius 3 is 1.33 bits per heavy atom. The van der Waals surface area contributed by atoms with Gasteiger partial charge in [0.25, 0.3) is 0 Å². The van der Waals surface area contributed by atoms with Gasteiger partial charge in [0.15, 0.2) is 80.1 Å². The van der Waals surface area contributed by atoms with Crippen LogP contribution in [0.2, 0.25) is 0 Å². The van der Waals surface area contributed by atoms with Crippen molar-refractivity contribution in [1.29, 1.82) is 5.26 Å². The van der Waals surface area contributed by atoms with Crippen LogP contribution in [-0.4, -0.2) is 201 Å². The first kappa shape index (κ1) is 96.1. The van der Waals surface area contributed by atoms with E-state index in [1.54, 1.807) is 24.3 Å². The van der Waals surface area contributed by atoms with Crippen LogP contribution >= 0.6 is 23.5 Å². The number of esters is 6. The molecule has 702 valence electrons. The number of fused-ring (bicyclic) bond motifs is 18. The summed E-state index contributed by atoms with van der Waals surface area (Å²) in [5.41, 5.74) is 8.64. The van der Waals surface area contributed by atoms with Gasteiger partial charge in [0.05, 0.1) is 75.2 Å². The molecule has 6 aromatic rings. The van der Waals surface area contributed by atoms with Crippen LogP contribution in [0.3, 0.4) is 0 Å². The lowest BCUT2D eigenvalue weighted by Crippen LogP contribution is -2.70. The second-order valence-corrected chi connectivity index (χ2v) is 37.5. The van der Waals surface area contributed by atoms with Gasteiger partial charge in [0.2, 0.25) is 13.6 Å². The van der Waals surface area contributed by atoms with Crippen molar-refractivity contribution in [3.05, 3.63) is 125 Å². The van der Waals surface area contributed by atoms with Crippen molar-refractivity contribution in [3.63, 3.8) is 0 Å². The monoisotopic (exact) mass is 1830 g/mol. The molecule has 0 aliphatic carbocycles. The molecule has 2 spiro atoms. The van der Waals surface area contributed by atoms with Crippen LogP contribution < -0.4 is 67.5 Å². The topological polar surface area (TPSA) is 353 Å². The number of nitrogens with one attached hydrogen (secondary N) is 2. The number of carbonyl (C=O) groups excluding carboxylic acids is 6. The highest BCUT2D eigenvalue weighted by molar-refractivity contribution is 7.99. The van der Waals surface area contributed by atoms with Crippen molar-refractivity contribution in [2.75, 3.05) is 93.9 Å². The van der Waals surface area contributed by atoms with E-state index in [-0.39, 0.29) is 103 Å². The Balaban J connectivity index is 0.000000205. The van der Waals surface area contributed by atoms with Crippen LogP contribution in [0, 0.1) is 39.0 Å². The van der Waals surface area contributed by atoms with Crippen LogP contribution in [0.1, 0.15) is 251 Å². The van der Waals surface area contributed by atoms with Crippen molar-refractivity contribution < 1.29 is 110 Å². The summed E-state index contributed by atoms with van der Waals surface area (Å²) in [4.78, 5) is 90.9. The van der Waals surface area contributed by atoms with E-state index < -0.39 is 100 Å². The molecule has 14 aliphatic rings. The molecule has 0 saturated carbocycles. The van der Waals surface area contributed by atoms with Gasteiger partial charge in [-0.15, -0.1) is 23.5 Å². The maximum Gasteiger partial charge on any atom is 0.331 e. The van der Waals surface area contributed by atoms with Crippen LogP contribution in [-0.2, 0) is 75.0 Å². The number of nitrogens with zero attached hydrogens (tertiary/aromatic N) is 5. The van der Waals surface area contributed by atoms with E-state index in [2.05, 4.69) is 45.3 Å². The number of methoxy groups -OCH3 is 4. The number of rotatable bonds is 20. The normalized spacial score (nSPS) is 26.0. The average molecular weight is 1830 g/mol. The predicted molar refractivity (Wildman–Crippen MR) is 487 cm³/mol. The zero-order valence-corrected chi connectivity index (χ0v) is 76.1. The summed E-state index contributed by atoms with van der Waals surface area (Å²) in [6.07, 6.45) is 11.5. The number of hydrogen-bond donors (Lipinski definition) is 5. The fourth-order valence-corrected chi connectivity index (χ4v) is 25.8. The summed E-state index contributed by atoms with van der Waals surface area (Å²) in [7, 11) is 10.0. The molecular formula is C98H125N7O23S2. The third-order valence-electron chi connectivity index (χ3n) is 28.1. The SMILES string of the molecule is C.C.C.CCCCCCCC(=O)Oc1cc2c(cc1OC)[C@@]1(CS[C@@H]3c4c(OC(C)=O)c(C)c5c(c4[C@H](COC1=O)N1C3[C@H]3c4c(cc(C)c(OC)c4O)C[C@@H]([C@@H]1C#N)N3C)OCO5)NCC2.CCCCCCCC(=O)Oc1cc2c(cc1OC)[C@@]1(CS[C@@H]3c4c(OC(C)=O)c(C)c5c(c4[C@H](COC1=O)N1C3[C@H]3c4c(cc(C)c(OC)c4O)C[C@@H]([C@@H]1O)N3C)OCO5)NCC2. The number of carbonyl (C=O) groups is 6. The Kier molecular flexibility index (Phi) is 28.6. The quantitative estimate of drug-likeness (QED) is 0.0269. The highest BCUT2D eigenvalue weighted by atomic mass is 32.2. The van der Waals surface area contributed by atoms with Crippen molar-refractivity contribution in [1.82, 2.24) is 30.2 Å². The van der Waals surface area contributed by atoms with E-state index in [0.717, 1.165) is 97.6 Å². The maximum absolute atomic E-state index is 15.1. The largest absolute Gasteiger partial charge is 0.504 e. The number of thioether (sulfide) groups is 2. The number of aliphatic hydroxyl groups is 1. The molecule has 0 aromatic heterocycles. The number of aromatic hydroxyl groups is 2. The number of ether oxygens (including phenoxy) is 14. The second kappa shape index (κ2) is 38.7. The smallest absolute Gasteiger partial charge is 0.331 e. The summed E-state index contributed by atoms with van der Waals surface area (Å²) >= 11 is 2.95. The van der Waals surface area contributed by atoms with Crippen LogP contribution in [0.5, 0.6) is 80.5 Å². The zero-order valence-electron chi connectivity index (χ0n) is 74.4. The van der Waals surface area contributed by atoms with Crippen LogP contribution in [0.25, 0.3) is 0 Å². The zero-order chi connectivity index (χ0) is 89.7. The minimum absolute atomic E-state index is 0. The Bertz CT molecular complexity index is 5470. The third-order valence-corrected chi connectivity index (χ3v) is 31.0. The molecule has 4 fully saturated rings. The van der Waals surface area contributed by atoms with E-state index in [1.807, 2.05) is 58.8 Å². The van der Waals surface area contributed by atoms with Crippen molar-refractivity contribution >= 4 is 59.3 Å². The van der Waals surface area contributed by atoms with E-state index in [0.29, 0.717) is 163 Å². The van der Waals surface area contributed by atoms with Gasteiger partial charge in [-0.05, 0) is 149 Å². The van der Waals surface area contributed by atoms with Gasteiger partial charge in [-0.1, -0.05) is 99.6 Å². The number of nitriles is 1. The molecule has 6 aromatic carbocycles. The fourth-order valence-electron chi connectivity index (χ4n) is 22.4. The minimum atomic E-state index is -1.41. The Morgan fingerprint density at radius 1 is 0.508 bits per heavy atom. The number of likely N-dealkylation sites (N-methyl/N-ethyl adjacent to an activating group) is 2. The van der Waals surface area contributed by atoms with E-state index in [1.165, 1.54) is 65.8 Å². The molecule has 5 N–H and O–H groups in total. The number of phenolic OH excluding ortho intramolecular Hbond substituents is 2. The molecule has 20 rings (SSSR count). The predicted octanol–water partition coefficient (Wildman–Crippen LogP) is 14.4. The van der Waals surface area contributed by atoms with E-state index in [4.69, 9.17) is 66.3 Å². The molecular weight excluding hydrogens is 1710 g/mol. The maximum atomic E-state index is 15.1.